The predicted octanol–water partition coefficient (Wildman–Crippen LogP) is 1.33. The first-order chi connectivity index (χ1) is 14.7. The number of ether oxygens (including phenoxy) is 1. The van der Waals surface area contributed by atoms with Crippen LogP contribution in [0.1, 0.15) is 17.5 Å². The van der Waals surface area contributed by atoms with E-state index < -0.39 is 0 Å². The van der Waals surface area contributed by atoms with Gasteiger partial charge in [-0.05, 0) is 23.3 Å². The first kappa shape index (κ1) is 20.2. The van der Waals surface area contributed by atoms with Gasteiger partial charge < -0.3 is 10.1 Å². The van der Waals surface area contributed by atoms with E-state index in [9.17, 15) is 9.59 Å². The maximum absolute atomic E-state index is 12.5. The van der Waals surface area contributed by atoms with Crippen LogP contribution in [0.25, 0.3) is 10.9 Å². The van der Waals surface area contributed by atoms with E-state index in [-0.39, 0.29) is 24.4 Å². The Labute approximate surface area is 174 Å². The Morgan fingerprint density at radius 2 is 1.77 bits per heavy atom. The lowest BCUT2D eigenvalue weighted by Crippen LogP contribution is -2.36. The van der Waals surface area contributed by atoms with Crippen molar-refractivity contribution in [3.63, 3.8) is 0 Å². The fourth-order valence-electron chi connectivity index (χ4n) is 3.54. The highest BCUT2D eigenvalue weighted by Crippen LogP contribution is 2.13. The van der Waals surface area contributed by atoms with E-state index >= 15 is 0 Å². The van der Waals surface area contributed by atoms with E-state index in [4.69, 9.17) is 4.74 Å². The molecule has 1 fully saturated rings. The van der Waals surface area contributed by atoms with Gasteiger partial charge in [0, 0.05) is 32.6 Å². The summed E-state index contributed by atoms with van der Waals surface area (Å²) in [5.74, 6) is -0.127. The lowest BCUT2D eigenvalue weighted by molar-refractivity contribution is -0.121. The van der Waals surface area contributed by atoms with Crippen LogP contribution in [-0.2, 0) is 29.2 Å². The van der Waals surface area contributed by atoms with Gasteiger partial charge in [-0.1, -0.05) is 41.6 Å². The van der Waals surface area contributed by atoms with Crippen LogP contribution in [0.2, 0.25) is 0 Å². The van der Waals surface area contributed by atoms with E-state index in [1.54, 1.807) is 18.2 Å². The molecule has 1 aliphatic heterocycles. The third-order valence-corrected chi connectivity index (χ3v) is 5.27. The number of rotatable bonds is 7. The molecule has 1 aromatic heterocycles. The summed E-state index contributed by atoms with van der Waals surface area (Å²) in [4.78, 5) is 27.2. The van der Waals surface area contributed by atoms with Crippen LogP contribution in [0.3, 0.4) is 0 Å². The van der Waals surface area contributed by atoms with Crippen LogP contribution in [0, 0.1) is 0 Å². The van der Waals surface area contributed by atoms with Crippen molar-refractivity contribution in [1.29, 1.82) is 0 Å². The Balaban J connectivity index is 1.33. The largest absolute Gasteiger partial charge is 0.379 e. The average Bonchev–Trinajstić information content (AvgIpc) is 2.79. The molecule has 8 nitrogen and oxygen atoms in total. The van der Waals surface area contributed by atoms with Gasteiger partial charge in [0.25, 0.3) is 5.56 Å². The number of nitrogens with one attached hydrogen (secondary N) is 1. The molecule has 1 aliphatic rings. The van der Waals surface area contributed by atoms with E-state index in [0.717, 1.165) is 38.4 Å². The first-order valence-electron chi connectivity index (χ1n) is 10.2. The molecule has 0 spiro atoms. The van der Waals surface area contributed by atoms with Gasteiger partial charge in [0.05, 0.1) is 25.1 Å². The van der Waals surface area contributed by atoms with E-state index in [0.29, 0.717) is 17.4 Å². The van der Waals surface area contributed by atoms with Gasteiger partial charge in [0.15, 0.2) is 0 Å². The van der Waals surface area contributed by atoms with Crippen molar-refractivity contribution in [1.82, 2.24) is 25.2 Å². The van der Waals surface area contributed by atoms with Crippen molar-refractivity contribution in [3.8, 4) is 0 Å². The van der Waals surface area contributed by atoms with Crippen LogP contribution < -0.4 is 10.9 Å². The number of nitrogens with zero attached hydrogens (tertiary/aromatic N) is 4. The predicted molar refractivity (Wildman–Crippen MR) is 113 cm³/mol. The summed E-state index contributed by atoms with van der Waals surface area (Å²) < 4.78 is 6.65. The second-order valence-corrected chi connectivity index (χ2v) is 7.32. The highest BCUT2D eigenvalue weighted by Gasteiger charge is 2.13. The number of benzene rings is 2. The molecule has 8 heteroatoms. The van der Waals surface area contributed by atoms with Crippen molar-refractivity contribution >= 4 is 16.8 Å². The first-order valence-corrected chi connectivity index (χ1v) is 10.2. The number of aromatic nitrogens is 3. The molecule has 4 rings (SSSR count). The molecule has 0 aliphatic carbocycles. The normalized spacial score (nSPS) is 14.7. The zero-order chi connectivity index (χ0) is 20.8. The summed E-state index contributed by atoms with van der Waals surface area (Å²) >= 11 is 0. The third-order valence-electron chi connectivity index (χ3n) is 5.27. The molecule has 0 bridgehead atoms. The molecule has 0 saturated carbocycles. The molecule has 1 amide bonds. The number of carbonyl (C=O) groups is 1. The van der Waals surface area contributed by atoms with Crippen molar-refractivity contribution in [2.75, 3.05) is 26.3 Å². The summed E-state index contributed by atoms with van der Waals surface area (Å²) in [6.07, 6.45) is 0.165. The van der Waals surface area contributed by atoms with Crippen molar-refractivity contribution in [3.05, 3.63) is 70.0 Å². The standard InChI is InChI=1S/C22H25N5O3/c28-21(9-10-27-22(29)19-7-3-4-8-20(19)24-25-27)23-15-17-5-1-2-6-18(17)16-26-11-13-30-14-12-26/h1-8H,9-16H2,(H,23,28). The highest BCUT2D eigenvalue weighted by molar-refractivity contribution is 5.77. The molecule has 0 radical (unpaired) electrons. The minimum Gasteiger partial charge on any atom is -0.379 e. The molecular formula is C22H25N5O3. The van der Waals surface area contributed by atoms with Crippen LogP contribution in [0.15, 0.2) is 53.3 Å². The van der Waals surface area contributed by atoms with E-state index in [1.165, 1.54) is 10.2 Å². The topological polar surface area (TPSA) is 89.3 Å². The van der Waals surface area contributed by atoms with Crippen molar-refractivity contribution < 1.29 is 9.53 Å². The van der Waals surface area contributed by atoms with Gasteiger partial charge in [-0.2, -0.15) is 0 Å². The van der Waals surface area contributed by atoms with Crippen LogP contribution in [0.5, 0.6) is 0 Å². The molecule has 0 atom stereocenters. The number of morpholine rings is 1. The second-order valence-electron chi connectivity index (χ2n) is 7.32. The Morgan fingerprint density at radius 1 is 1.03 bits per heavy atom. The lowest BCUT2D eigenvalue weighted by Gasteiger charge is -2.27. The molecular weight excluding hydrogens is 382 g/mol. The SMILES string of the molecule is O=C(CCn1nnc2ccccc2c1=O)NCc1ccccc1CN1CCOCC1. The molecule has 2 aromatic carbocycles. The van der Waals surface area contributed by atoms with Gasteiger partial charge in [0.2, 0.25) is 5.91 Å². The summed E-state index contributed by atoms with van der Waals surface area (Å²) in [6.45, 7) is 4.85. The minimum atomic E-state index is -0.232. The van der Waals surface area contributed by atoms with Crippen LogP contribution in [0.4, 0.5) is 0 Å². The fraction of sp³-hybridized carbons (Fsp3) is 0.364. The van der Waals surface area contributed by atoms with Gasteiger partial charge >= 0.3 is 0 Å². The number of amides is 1. The molecule has 156 valence electrons. The highest BCUT2D eigenvalue weighted by atomic mass is 16.5. The van der Waals surface area contributed by atoms with E-state index in [1.807, 2.05) is 24.3 Å². The fourth-order valence-corrected chi connectivity index (χ4v) is 3.54. The van der Waals surface area contributed by atoms with Crippen LogP contribution >= 0.6 is 0 Å². The monoisotopic (exact) mass is 407 g/mol. The number of aryl methyl sites for hydroxylation is 1. The summed E-state index contributed by atoms with van der Waals surface area (Å²) in [6, 6.07) is 15.2. The molecule has 0 unspecified atom stereocenters. The Morgan fingerprint density at radius 3 is 2.60 bits per heavy atom. The molecule has 3 aromatic rings. The molecule has 1 N–H and O–H groups in total. The Bertz CT molecular complexity index is 1080. The number of hydrogen-bond donors (Lipinski definition) is 1. The quantitative estimate of drug-likeness (QED) is 0.636. The maximum Gasteiger partial charge on any atom is 0.277 e. The minimum absolute atomic E-state index is 0.127. The Kier molecular flexibility index (Phi) is 6.46. The molecule has 1 saturated heterocycles. The number of hydrogen-bond acceptors (Lipinski definition) is 6. The van der Waals surface area contributed by atoms with Crippen molar-refractivity contribution in [2.45, 2.75) is 26.1 Å². The van der Waals surface area contributed by atoms with E-state index in [2.05, 4.69) is 26.6 Å². The summed E-state index contributed by atoms with van der Waals surface area (Å²) in [5.41, 5.74) is 2.63. The second kappa shape index (κ2) is 9.60. The maximum atomic E-state index is 12.5. The smallest absolute Gasteiger partial charge is 0.277 e. The van der Waals surface area contributed by atoms with Gasteiger partial charge in [-0.25, -0.2) is 4.68 Å². The van der Waals surface area contributed by atoms with Gasteiger partial charge in [-0.15, -0.1) is 5.10 Å². The zero-order valence-electron chi connectivity index (χ0n) is 16.8. The van der Waals surface area contributed by atoms with Crippen molar-refractivity contribution in [2.24, 2.45) is 0 Å². The summed E-state index contributed by atoms with van der Waals surface area (Å²) in [5, 5.41) is 11.4. The Hall–Kier alpha value is -3.10. The van der Waals surface area contributed by atoms with Gasteiger partial charge in [0.1, 0.15) is 5.52 Å². The average molecular weight is 407 g/mol. The van der Waals surface area contributed by atoms with Crippen LogP contribution in [-0.4, -0.2) is 52.1 Å². The molecule has 30 heavy (non-hydrogen) atoms. The third kappa shape index (κ3) is 4.90. The zero-order valence-corrected chi connectivity index (χ0v) is 16.8. The number of carbonyl (C=O) groups excluding carboxylic acids is 1. The summed E-state index contributed by atoms with van der Waals surface area (Å²) in [7, 11) is 0. The number of fused-ring (bicyclic) bond motifs is 1. The molecule has 2 heterocycles. The van der Waals surface area contributed by atoms with Gasteiger partial charge in [-0.3, -0.25) is 14.5 Å². The lowest BCUT2D eigenvalue weighted by atomic mass is 10.1.